The summed E-state index contributed by atoms with van der Waals surface area (Å²) >= 11 is 1.32. The fourth-order valence-electron chi connectivity index (χ4n) is 2.16. The highest BCUT2D eigenvalue weighted by Crippen LogP contribution is 2.31. The molecule has 0 aliphatic carbocycles. The molecule has 0 unspecified atom stereocenters. The highest BCUT2D eigenvalue weighted by Gasteiger charge is 2.40. The third kappa shape index (κ3) is 2.53. The Balaban J connectivity index is 1.61. The molecule has 0 bridgehead atoms. The zero-order valence-electron chi connectivity index (χ0n) is 10.5. The van der Waals surface area contributed by atoms with Crippen molar-refractivity contribution in [3.05, 3.63) is 30.1 Å². The molecule has 0 saturated carbocycles. The van der Waals surface area contributed by atoms with Gasteiger partial charge in [0.15, 0.2) is 5.17 Å². The normalized spacial score (nSPS) is 20.9. The zero-order valence-corrected chi connectivity index (χ0v) is 11.3. The number of fused-ring (bicyclic) bond motifs is 1. The molecule has 2 aliphatic heterocycles. The predicted molar refractivity (Wildman–Crippen MR) is 75.0 cm³/mol. The molecule has 5 nitrogen and oxygen atoms in total. The quantitative estimate of drug-likeness (QED) is 0.918. The second kappa shape index (κ2) is 5.24. The lowest BCUT2D eigenvalue weighted by Crippen LogP contribution is -2.32. The van der Waals surface area contributed by atoms with Crippen LogP contribution in [0.15, 0.2) is 29.3 Å². The van der Waals surface area contributed by atoms with Crippen LogP contribution >= 0.6 is 11.8 Å². The van der Waals surface area contributed by atoms with E-state index >= 15 is 0 Å². The van der Waals surface area contributed by atoms with Crippen LogP contribution in [-0.4, -0.2) is 40.2 Å². The monoisotopic (exact) mass is 293 g/mol. The fourth-order valence-corrected chi connectivity index (χ4v) is 3.35. The van der Waals surface area contributed by atoms with Gasteiger partial charge in [0.2, 0.25) is 11.8 Å². The van der Waals surface area contributed by atoms with Crippen molar-refractivity contribution in [3.63, 3.8) is 0 Å². The molecule has 0 aromatic heterocycles. The molecule has 7 heteroatoms. The van der Waals surface area contributed by atoms with Gasteiger partial charge in [-0.15, -0.1) is 0 Å². The Kier molecular flexibility index (Phi) is 3.43. The van der Waals surface area contributed by atoms with Gasteiger partial charge in [-0.2, -0.15) is 0 Å². The molecule has 1 atom stereocenters. The van der Waals surface area contributed by atoms with Gasteiger partial charge in [-0.3, -0.25) is 19.5 Å². The van der Waals surface area contributed by atoms with Gasteiger partial charge in [0, 0.05) is 18.7 Å². The minimum absolute atomic E-state index is 0.0650. The van der Waals surface area contributed by atoms with E-state index in [1.807, 2.05) is 0 Å². The molecule has 1 fully saturated rings. The highest BCUT2D eigenvalue weighted by molar-refractivity contribution is 8.15. The molecule has 20 heavy (non-hydrogen) atoms. The fraction of sp³-hybridized carbons (Fsp3) is 0.308. The van der Waals surface area contributed by atoms with Gasteiger partial charge in [-0.25, -0.2) is 4.39 Å². The van der Waals surface area contributed by atoms with Crippen LogP contribution in [0.5, 0.6) is 0 Å². The summed E-state index contributed by atoms with van der Waals surface area (Å²) in [7, 11) is 0. The molecule has 1 saturated heterocycles. The molecule has 3 rings (SSSR count). The summed E-state index contributed by atoms with van der Waals surface area (Å²) in [4.78, 5) is 29.7. The maximum absolute atomic E-state index is 13.0. The van der Waals surface area contributed by atoms with E-state index in [9.17, 15) is 14.0 Å². The molecule has 1 N–H and O–H groups in total. The van der Waals surface area contributed by atoms with Gasteiger partial charge in [0.25, 0.3) is 0 Å². The third-order valence-corrected chi connectivity index (χ3v) is 4.28. The molecule has 0 spiro atoms. The first kappa shape index (κ1) is 13.1. The van der Waals surface area contributed by atoms with Crippen molar-refractivity contribution >= 4 is 34.4 Å². The van der Waals surface area contributed by atoms with Gasteiger partial charge in [0.05, 0.1) is 6.54 Å². The Labute approximate surface area is 119 Å². The second-order valence-electron chi connectivity index (χ2n) is 4.52. The molecule has 1 aromatic rings. The number of amidine groups is 1. The SMILES string of the molecule is O=C(C[C@H]1SC2=NCCN2C1=O)Nc1cccc(F)c1. The van der Waals surface area contributed by atoms with Crippen molar-refractivity contribution in [2.45, 2.75) is 11.7 Å². The van der Waals surface area contributed by atoms with Crippen LogP contribution < -0.4 is 5.32 Å². The first-order valence-corrected chi connectivity index (χ1v) is 7.09. The largest absolute Gasteiger partial charge is 0.326 e. The van der Waals surface area contributed by atoms with E-state index in [4.69, 9.17) is 0 Å². The van der Waals surface area contributed by atoms with Crippen LogP contribution in [0.1, 0.15) is 6.42 Å². The third-order valence-electron chi connectivity index (χ3n) is 3.07. The van der Waals surface area contributed by atoms with Crippen LogP contribution in [0.4, 0.5) is 10.1 Å². The first-order chi connectivity index (χ1) is 9.63. The number of hydrogen-bond donors (Lipinski definition) is 1. The van der Waals surface area contributed by atoms with Gasteiger partial charge >= 0.3 is 0 Å². The van der Waals surface area contributed by atoms with E-state index in [-0.39, 0.29) is 18.2 Å². The number of nitrogens with one attached hydrogen (secondary N) is 1. The molecule has 2 aliphatic rings. The minimum atomic E-state index is -0.428. The number of carbonyl (C=O) groups excluding carboxylic acids is 2. The highest BCUT2D eigenvalue weighted by atomic mass is 32.2. The number of hydrogen-bond acceptors (Lipinski definition) is 4. The van der Waals surface area contributed by atoms with Crippen molar-refractivity contribution in [2.24, 2.45) is 4.99 Å². The Morgan fingerprint density at radius 2 is 2.40 bits per heavy atom. The number of anilines is 1. The number of nitrogens with zero attached hydrogens (tertiary/aromatic N) is 2. The zero-order chi connectivity index (χ0) is 14.1. The number of halogens is 1. The van der Waals surface area contributed by atoms with E-state index < -0.39 is 11.1 Å². The summed E-state index contributed by atoms with van der Waals surface area (Å²) in [5, 5.41) is 2.87. The van der Waals surface area contributed by atoms with Crippen LogP contribution in [0.25, 0.3) is 0 Å². The summed E-state index contributed by atoms with van der Waals surface area (Å²) in [5.74, 6) is -0.784. The Bertz CT molecular complexity index is 605. The molecule has 1 aromatic carbocycles. The smallest absolute Gasteiger partial charge is 0.242 e. The maximum Gasteiger partial charge on any atom is 0.242 e. The first-order valence-electron chi connectivity index (χ1n) is 6.21. The Morgan fingerprint density at radius 3 is 3.15 bits per heavy atom. The lowest BCUT2D eigenvalue weighted by Gasteiger charge is -2.10. The molecule has 2 amide bonds. The average molecular weight is 293 g/mol. The van der Waals surface area contributed by atoms with Gasteiger partial charge in [0.1, 0.15) is 11.1 Å². The summed E-state index contributed by atoms with van der Waals surface area (Å²) < 4.78 is 13.0. The van der Waals surface area contributed by atoms with E-state index in [0.717, 1.165) is 0 Å². The summed E-state index contributed by atoms with van der Waals surface area (Å²) in [6, 6.07) is 5.67. The van der Waals surface area contributed by atoms with E-state index in [0.29, 0.717) is 23.9 Å². The van der Waals surface area contributed by atoms with E-state index in [1.54, 1.807) is 11.0 Å². The molecule has 104 valence electrons. The van der Waals surface area contributed by atoms with E-state index in [1.165, 1.54) is 30.0 Å². The number of carbonyl (C=O) groups is 2. The van der Waals surface area contributed by atoms with Gasteiger partial charge in [-0.05, 0) is 18.2 Å². The Hall–Kier alpha value is -1.89. The lowest BCUT2D eigenvalue weighted by atomic mass is 10.2. The number of rotatable bonds is 3. The summed E-state index contributed by atoms with van der Waals surface area (Å²) in [6.45, 7) is 1.24. The van der Waals surface area contributed by atoms with Crippen molar-refractivity contribution < 1.29 is 14.0 Å². The topological polar surface area (TPSA) is 61.8 Å². The number of amides is 2. The molecular formula is C13H12FN3O2S. The standard InChI is InChI=1S/C13H12FN3O2S/c14-8-2-1-3-9(6-8)16-11(18)7-10-12(19)17-5-4-15-13(17)20-10/h1-3,6,10H,4-5,7H2,(H,16,18)/t10-/m1/s1. The molecule has 0 radical (unpaired) electrons. The predicted octanol–water partition coefficient (Wildman–Crippen LogP) is 1.47. The Morgan fingerprint density at radius 1 is 1.55 bits per heavy atom. The number of aliphatic imine (C=N–C) groups is 1. The van der Waals surface area contributed by atoms with Crippen molar-refractivity contribution in [1.29, 1.82) is 0 Å². The van der Waals surface area contributed by atoms with Crippen molar-refractivity contribution in [1.82, 2.24) is 4.90 Å². The second-order valence-corrected chi connectivity index (χ2v) is 5.69. The van der Waals surface area contributed by atoms with Crippen LogP contribution in [0.3, 0.4) is 0 Å². The maximum atomic E-state index is 13.0. The molecular weight excluding hydrogens is 281 g/mol. The summed E-state index contributed by atoms with van der Waals surface area (Å²) in [6.07, 6.45) is 0.0650. The number of thioether (sulfide) groups is 1. The minimum Gasteiger partial charge on any atom is -0.326 e. The van der Waals surface area contributed by atoms with Gasteiger partial charge < -0.3 is 5.32 Å². The van der Waals surface area contributed by atoms with E-state index in [2.05, 4.69) is 10.3 Å². The van der Waals surface area contributed by atoms with Crippen molar-refractivity contribution in [2.75, 3.05) is 18.4 Å². The van der Waals surface area contributed by atoms with Gasteiger partial charge in [-0.1, -0.05) is 17.8 Å². The van der Waals surface area contributed by atoms with Crippen LogP contribution in [0.2, 0.25) is 0 Å². The molecule has 2 heterocycles. The summed E-state index contributed by atoms with van der Waals surface area (Å²) in [5.41, 5.74) is 0.392. The average Bonchev–Trinajstić information content (AvgIpc) is 2.94. The van der Waals surface area contributed by atoms with Crippen LogP contribution in [0, 0.1) is 5.82 Å². The number of benzene rings is 1. The van der Waals surface area contributed by atoms with Crippen molar-refractivity contribution in [3.8, 4) is 0 Å². The lowest BCUT2D eigenvalue weighted by molar-refractivity contribution is -0.127. The van der Waals surface area contributed by atoms with Crippen LogP contribution in [-0.2, 0) is 9.59 Å².